The van der Waals surface area contributed by atoms with Crippen LogP contribution in [0.4, 0.5) is 0 Å². The summed E-state index contributed by atoms with van der Waals surface area (Å²) in [5.74, 6) is -10.2. The van der Waals surface area contributed by atoms with Gasteiger partial charge in [0, 0.05) is 13.5 Å². The van der Waals surface area contributed by atoms with E-state index in [0.717, 1.165) is 6.92 Å². The van der Waals surface area contributed by atoms with Gasteiger partial charge in [0.25, 0.3) is 0 Å². The molecule has 3 heterocycles. The number of carbonyl (C=O) groups excluding carboxylic acids is 9. The average Bonchev–Trinajstić information content (AvgIpc) is 3.55. The largest absolute Gasteiger partial charge is 0.480 e. The summed E-state index contributed by atoms with van der Waals surface area (Å²) < 4.78 is 23.1. The number of amides is 9. The number of hydrogen-bond donors (Lipinski definition) is 16. The maximum atomic E-state index is 14.4. The van der Waals surface area contributed by atoms with Gasteiger partial charge in [-0.05, 0) is 70.6 Å². The summed E-state index contributed by atoms with van der Waals surface area (Å²) in [7, 11) is 0. The van der Waals surface area contributed by atoms with Gasteiger partial charge in [-0.2, -0.15) is 0 Å². The molecule has 20 atom stereocenters. The summed E-state index contributed by atoms with van der Waals surface area (Å²) in [6, 6.07) is -12.8. The van der Waals surface area contributed by atoms with Crippen LogP contribution in [0.1, 0.15) is 109 Å². The number of carboxylic acids is 1. The highest BCUT2D eigenvalue weighted by atomic mass is 16.7. The Balaban J connectivity index is 1.69. The van der Waals surface area contributed by atoms with E-state index < -0.39 is 218 Å². The molecule has 0 aromatic heterocycles. The normalized spacial score (nSPS) is 27.8. The van der Waals surface area contributed by atoms with E-state index in [4.69, 9.17) is 24.7 Å². The molecule has 3 aliphatic heterocycles. The summed E-state index contributed by atoms with van der Waals surface area (Å²) in [6.45, 7) is 18.0. The molecule has 84 heavy (non-hydrogen) atoms. The van der Waals surface area contributed by atoms with Crippen molar-refractivity contribution in [3.05, 3.63) is 0 Å². The van der Waals surface area contributed by atoms with Gasteiger partial charge in [0.05, 0.1) is 19.3 Å². The van der Waals surface area contributed by atoms with Crippen molar-refractivity contribution in [2.45, 2.75) is 231 Å². The Morgan fingerprint density at radius 2 is 0.988 bits per heavy atom. The predicted octanol–water partition coefficient (Wildman–Crippen LogP) is -5.97. The van der Waals surface area contributed by atoms with E-state index in [1.54, 1.807) is 55.4 Å². The third-order valence-corrected chi connectivity index (χ3v) is 14.8. The third kappa shape index (κ3) is 19.4. The zero-order chi connectivity index (χ0) is 63.9. The van der Waals surface area contributed by atoms with Crippen molar-refractivity contribution >= 4 is 59.1 Å². The standard InChI is InChI=1S/C53H92N10O21/c1-20(2)33(47(75)57-26(11)51(79)80)60-49(77)35(22(5)6)61-48(76)34(21(3)4)59-44(72)25(10)55-43(71)24(9)56-45(73)29-16-14-15-17-63(29)50(78)36(23(7)8)62-46(74)32(54)27(12)81-52-37(58-28(13)66)42(39(68)31(19-65)82-52)84-53-41(70)40(69)38(67)30(18-64)83-53/h20-27,29-42,52-53,64-65,67-70H,14-19,54H2,1-13H3,(H,55,71)(H,56,73)(H,57,75)(H,58,66)(H,59,72)(H,60,77)(H,61,76)(H,62,74)(H,79,80)/t24-,25-,26-,27+,29-,30+,31+,32-,33-,34-,35-,36-,37+,38-,39-,40-,41+,42+,52-,53-/m0/s1. The van der Waals surface area contributed by atoms with Gasteiger partial charge in [0.2, 0.25) is 53.2 Å². The number of rotatable bonds is 28. The Bertz CT molecular complexity index is 2280. The molecule has 0 unspecified atom stereocenters. The van der Waals surface area contributed by atoms with Gasteiger partial charge in [-0.15, -0.1) is 0 Å². The molecule has 31 heteroatoms. The highest BCUT2D eigenvalue weighted by Gasteiger charge is 2.52. The highest BCUT2D eigenvalue weighted by Crippen LogP contribution is 2.31. The number of aliphatic hydroxyl groups excluding tert-OH is 6. The van der Waals surface area contributed by atoms with E-state index in [1.165, 1.54) is 32.6 Å². The van der Waals surface area contributed by atoms with Crippen molar-refractivity contribution in [3.63, 3.8) is 0 Å². The number of aliphatic carboxylic acids is 1. The van der Waals surface area contributed by atoms with Crippen LogP contribution >= 0.6 is 0 Å². The Hall–Kier alpha value is -5.74. The van der Waals surface area contributed by atoms with Gasteiger partial charge in [0.1, 0.15) is 103 Å². The fourth-order valence-corrected chi connectivity index (χ4v) is 9.50. The van der Waals surface area contributed by atoms with Gasteiger partial charge in [0.15, 0.2) is 12.6 Å². The van der Waals surface area contributed by atoms with E-state index in [9.17, 15) is 83.7 Å². The van der Waals surface area contributed by atoms with E-state index in [2.05, 4.69) is 42.5 Å². The molecule has 0 aliphatic carbocycles. The summed E-state index contributed by atoms with van der Waals surface area (Å²) in [5, 5.41) is 92.0. The minimum Gasteiger partial charge on any atom is -0.480 e. The molecule has 0 saturated carbocycles. The first-order chi connectivity index (χ1) is 39.1. The molecule has 480 valence electrons. The monoisotopic (exact) mass is 1200 g/mol. The number of ether oxygens (including phenoxy) is 4. The molecule has 31 nitrogen and oxygen atoms in total. The number of likely N-dealkylation sites (tertiary alicyclic amines) is 1. The van der Waals surface area contributed by atoms with Crippen molar-refractivity contribution in [2.24, 2.45) is 29.4 Å². The molecule has 3 aliphatic rings. The van der Waals surface area contributed by atoms with E-state index in [-0.39, 0.29) is 13.0 Å². The zero-order valence-corrected chi connectivity index (χ0v) is 50.0. The number of nitrogens with one attached hydrogen (secondary N) is 8. The van der Waals surface area contributed by atoms with E-state index in [1.807, 2.05) is 0 Å². The molecule has 9 amide bonds. The number of carbonyl (C=O) groups is 10. The van der Waals surface area contributed by atoms with Crippen molar-refractivity contribution in [1.82, 2.24) is 47.4 Å². The van der Waals surface area contributed by atoms with Crippen molar-refractivity contribution in [1.29, 1.82) is 0 Å². The first-order valence-corrected chi connectivity index (χ1v) is 28.3. The quantitative estimate of drug-likeness (QED) is 0.0347. The van der Waals surface area contributed by atoms with Crippen molar-refractivity contribution in [2.75, 3.05) is 19.8 Å². The number of aliphatic hydroxyl groups is 6. The SMILES string of the molecule is CC(=O)N[C@H]1[C@@H](O[C@H](C)[C@H](N)C(=O)N[C@H](C(=O)N2CCCC[C@H]2C(=O)N[C@@H](C)C(=O)N[C@@H](C)C(=O)N[C@H](C(=O)N[C@H](C(=O)N[C@H](C(=O)N[C@@H](C)C(=O)O)C(C)C)C(C)C)C(C)C)C(C)C)O[C@H](CO)[C@H](O)[C@@H]1O[C@@H]1O[C@H](CO)[C@H](O)[C@H](O)[C@H]1O. The lowest BCUT2D eigenvalue weighted by Crippen LogP contribution is -2.68. The van der Waals surface area contributed by atoms with Gasteiger partial charge in [-0.1, -0.05) is 55.4 Å². The molecule has 3 saturated heterocycles. The van der Waals surface area contributed by atoms with Crippen LogP contribution in [-0.4, -0.2) is 241 Å². The lowest BCUT2D eigenvalue weighted by atomic mass is 9.95. The topological polar surface area (TPSA) is 475 Å². The molecule has 0 bridgehead atoms. The minimum atomic E-state index is -1.93. The predicted molar refractivity (Wildman–Crippen MR) is 293 cm³/mol. The number of nitrogens with two attached hydrogens (primary N) is 1. The molecule has 3 fully saturated rings. The summed E-state index contributed by atoms with van der Waals surface area (Å²) in [4.78, 5) is 135. The van der Waals surface area contributed by atoms with Crippen molar-refractivity contribution in [3.8, 4) is 0 Å². The van der Waals surface area contributed by atoms with Gasteiger partial charge in [-0.3, -0.25) is 47.9 Å². The second-order valence-corrected chi connectivity index (χ2v) is 23.1. The molecular formula is C53H92N10O21. The Morgan fingerprint density at radius 1 is 0.548 bits per heavy atom. The van der Waals surface area contributed by atoms with Crippen LogP contribution in [0.15, 0.2) is 0 Å². The number of piperidine rings is 1. The Morgan fingerprint density at radius 3 is 1.48 bits per heavy atom. The molecule has 3 rings (SSSR count). The van der Waals surface area contributed by atoms with Gasteiger partial charge < -0.3 is 108 Å². The molecule has 17 N–H and O–H groups in total. The third-order valence-electron chi connectivity index (χ3n) is 14.8. The number of hydrogen-bond acceptors (Lipinski definition) is 21. The minimum absolute atomic E-state index is 0.0872. The van der Waals surface area contributed by atoms with Crippen LogP contribution in [0.3, 0.4) is 0 Å². The smallest absolute Gasteiger partial charge is 0.325 e. The first kappa shape index (κ1) is 72.5. The fourth-order valence-electron chi connectivity index (χ4n) is 9.50. The van der Waals surface area contributed by atoms with Crippen LogP contribution in [0.25, 0.3) is 0 Å². The maximum Gasteiger partial charge on any atom is 0.325 e. The van der Waals surface area contributed by atoms with Crippen LogP contribution < -0.4 is 48.3 Å². The molecule has 0 aromatic carbocycles. The first-order valence-electron chi connectivity index (χ1n) is 28.3. The lowest BCUT2D eigenvalue weighted by Gasteiger charge is -2.48. The van der Waals surface area contributed by atoms with E-state index in [0.29, 0.717) is 12.8 Å². The zero-order valence-electron chi connectivity index (χ0n) is 50.0. The van der Waals surface area contributed by atoms with Crippen LogP contribution in [0.2, 0.25) is 0 Å². The summed E-state index contributed by atoms with van der Waals surface area (Å²) in [6.07, 6.45) is -15.5. The fraction of sp³-hybridized carbons (Fsp3) is 0.811. The molecule has 0 aromatic rings. The molecule has 0 spiro atoms. The van der Waals surface area contributed by atoms with Crippen LogP contribution in [0, 0.1) is 23.7 Å². The number of carboxylic acid groups (broad SMARTS) is 1. The number of nitrogens with zero attached hydrogens (tertiary/aromatic N) is 1. The second-order valence-electron chi connectivity index (χ2n) is 23.1. The molecular weight excluding hydrogens is 1110 g/mol. The van der Waals surface area contributed by atoms with Gasteiger partial charge >= 0.3 is 5.97 Å². The van der Waals surface area contributed by atoms with E-state index >= 15 is 0 Å². The molecule has 0 radical (unpaired) electrons. The maximum absolute atomic E-state index is 14.4. The average molecular weight is 1210 g/mol. The van der Waals surface area contributed by atoms with Crippen molar-refractivity contribution < 1.29 is 103 Å². The van der Waals surface area contributed by atoms with Crippen LogP contribution in [0.5, 0.6) is 0 Å². The van der Waals surface area contributed by atoms with Gasteiger partial charge in [-0.25, -0.2) is 0 Å². The Labute approximate surface area is 488 Å². The van der Waals surface area contributed by atoms with Crippen LogP contribution in [-0.2, 0) is 66.9 Å². The summed E-state index contributed by atoms with van der Waals surface area (Å²) in [5.41, 5.74) is 6.41. The Kier molecular flexibility index (Phi) is 28.2. The second kappa shape index (κ2) is 32.7. The summed E-state index contributed by atoms with van der Waals surface area (Å²) >= 11 is 0. The highest BCUT2D eigenvalue weighted by molar-refractivity contribution is 5.98. The lowest BCUT2D eigenvalue weighted by molar-refractivity contribution is -0.347.